The summed E-state index contributed by atoms with van der Waals surface area (Å²) in [4.78, 5) is 0. The summed E-state index contributed by atoms with van der Waals surface area (Å²) in [7, 11) is 0. The van der Waals surface area contributed by atoms with Crippen LogP contribution in [0.2, 0.25) is 0 Å². The molecule has 2 aromatic heterocycles. The van der Waals surface area contributed by atoms with Crippen LogP contribution in [-0.4, -0.2) is 24.8 Å². The van der Waals surface area contributed by atoms with Crippen LogP contribution in [0.5, 0.6) is 23.0 Å². The van der Waals surface area contributed by atoms with Gasteiger partial charge >= 0.3 is 0 Å². The third kappa shape index (κ3) is 0.868. The standard InChI is InChI=1S/C8H7NO4/c10-4-1-2-9-3-5(11)7(12)8(13)6(4)9/h1-3,10-13H. The maximum Gasteiger partial charge on any atom is 0.204 e. The third-order valence-corrected chi connectivity index (χ3v) is 1.85. The van der Waals surface area contributed by atoms with E-state index in [1.807, 2.05) is 0 Å². The number of rotatable bonds is 0. The van der Waals surface area contributed by atoms with Crippen molar-refractivity contribution in [2.24, 2.45) is 0 Å². The van der Waals surface area contributed by atoms with E-state index in [2.05, 4.69) is 0 Å². The highest BCUT2D eigenvalue weighted by molar-refractivity contribution is 5.75. The molecule has 4 N–H and O–H groups in total. The first-order valence-electron chi connectivity index (χ1n) is 3.55. The van der Waals surface area contributed by atoms with E-state index in [0.717, 1.165) is 0 Å². The smallest absolute Gasteiger partial charge is 0.204 e. The van der Waals surface area contributed by atoms with Crippen LogP contribution in [0.1, 0.15) is 0 Å². The Kier molecular flexibility index (Phi) is 1.30. The molecule has 0 aliphatic carbocycles. The number of fused-ring (bicyclic) bond motifs is 1. The molecule has 5 nitrogen and oxygen atoms in total. The number of aromatic hydroxyl groups is 4. The van der Waals surface area contributed by atoms with Gasteiger partial charge in [-0.15, -0.1) is 0 Å². The first-order chi connectivity index (χ1) is 6.11. The van der Waals surface area contributed by atoms with Crippen LogP contribution in [0, 0.1) is 0 Å². The quantitative estimate of drug-likeness (QED) is 0.483. The van der Waals surface area contributed by atoms with Crippen molar-refractivity contribution in [3.63, 3.8) is 0 Å². The minimum atomic E-state index is -0.637. The second-order valence-corrected chi connectivity index (χ2v) is 2.67. The minimum Gasteiger partial charge on any atom is -0.506 e. The summed E-state index contributed by atoms with van der Waals surface area (Å²) in [6.45, 7) is 0. The Labute approximate surface area is 72.7 Å². The summed E-state index contributed by atoms with van der Waals surface area (Å²) in [5, 5.41) is 36.8. The van der Waals surface area contributed by atoms with Crippen LogP contribution < -0.4 is 0 Å². The third-order valence-electron chi connectivity index (χ3n) is 1.85. The summed E-state index contributed by atoms with van der Waals surface area (Å²) in [5.74, 6) is -1.78. The van der Waals surface area contributed by atoms with E-state index in [-0.39, 0.29) is 11.3 Å². The molecule has 0 bridgehead atoms. The topological polar surface area (TPSA) is 85.3 Å². The average Bonchev–Trinajstić information content (AvgIpc) is 2.43. The highest BCUT2D eigenvalue weighted by Gasteiger charge is 2.14. The van der Waals surface area contributed by atoms with Gasteiger partial charge in [-0.05, 0) is 6.07 Å². The molecule has 0 fully saturated rings. The molecule has 0 spiro atoms. The molecular formula is C8H7NO4. The van der Waals surface area contributed by atoms with Crippen molar-refractivity contribution < 1.29 is 20.4 Å². The molecule has 13 heavy (non-hydrogen) atoms. The molecule has 0 aliphatic rings. The Bertz CT molecular complexity index is 474. The van der Waals surface area contributed by atoms with Gasteiger partial charge in [0.1, 0.15) is 11.3 Å². The Morgan fingerprint density at radius 2 is 1.62 bits per heavy atom. The van der Waals surface area contributed by atoms with E-state index < -0.39 is 17.2 Å². The van der Waals surface area contributed by atoms with Crippen molar-refractivity contribution in [1.82, 2.24) is 4.40 Å². The lowest BCUT2D eigenvalue weighted by Crippen LogP contribution is -1.83. The van der Waals surface area contributed by atoms with Gasteiger partial charge < -0.3 is 24.8 Å². The normalized spacial score (nSPS) is 10.8. The largest absolute Gasteiger partial charge is 0.506 e. The maximum atomic E-state index is 9.32. The monoisotopic (exact) mass is 181 g/mol. The number of aromatic nitrogens is 1. The van der Waals surface area contributed by atoms with Gasteiger partial charge in [0.15, 0.2) is 11.5 Å². The summed E-state index contributed by atoms with van der Waals surface area (Å²) < 4.78 is 1.31. The molecule has 0 amide bonds. The van der Waals surface area contributed by atoms with E-state index in [1.54, 1.807) is 0 Å². The number of nitrogens with zero attached hydrogens (tertiary/aromatic N) is 1. The van der Waals surface area contributed by atoms with Gasteiger partial charge in [0.2, 0.25) is 5.75 Å². The molecule has 0 atom stereocenters. The number of hydrogen-bond acceptors (Lipinski definition) is 4. The number of hydrogen-bond donors (Lipinski definition) is 4. The molecule has 0 unspecified atom stereocenters. The molecule has 2 rings (SSSR count). The van der Waals surface area contributed by atoms with Gasteiger partial charge in [-0.2, -0.15) is 0 Å². The molecule has 2 heterocycles. The van der Waals surface area contributed by atoms with Crippen molar-refractivity contribution in [1.29, 1.82) is 0 Å². The lowest BCUT2D eigenvalue weighted by atomic mass is 10.3. The van der Waals surface area contributed by atoms with E-state index in [1.165, 1.54) is 22.9 Å². The molecule has 0 saturated heterocycles. The first kappa shape index (κ1) is 7.60. The second kappa shape index (κ2) is 2.22. The molecule has 5 heteroatoms. The average molecular weight is 181 g/mol. The maximum absolute atomic E-state index is 9.32. The van der Waals surface area contributed by atoms with Gasteiger partial charge in [-0.1, -0.05) is 0 Å². The van der Waals surface area contributed by atoms with Crippen LogP contribution in [0.25, 0.3) is 5.52 Å². The predicted molar refractivity (Wildman–Crippen MR) is 44.1 cm³/mol. The van der Waals surface area contributed by atoms with Gasteiger partial charge in [-0.3, -0.25) is 0 Å². The Hall–Kier alpha value is -2.04. The van der Waals surface area contributed by atoms with Crippen LogP contribution in [0.3, 0.4) is 0 Å². The molecule has 0 radical (unpaired) electrons. The van der Waals surface area contributed by atoms with E-state index in [4.69, 9.17) is 10.2 Å². The molecule has 2 aromatic rings. The Balaban J connectivity index is 2.97. The van der Waals surface area contributed by atoms with Gasteiger partial charge in [-0.25, -0.2) is 0 Å². The van der Waals surface area contributed by atoms with Gasteiger partial charge in [0, 0.05) is 6.20 Å². The van der Waals surface area contributed by atoms with Crippen molar-refractivity contribution in [3.05, 3.63) is 18.5 Å². The Morgan fingerprint density at radius 3 is 2.31 bits per heavy atom. The zero-order valence-electron chi connectivity index (χ0n) is 6.47. The molecule has 0 aromatic carbocycles. The Morgan fingerprint density at radius 1 is 0.923 bits per heavy atom. The minimum absolute atomic E-state index is 0.0651. The fourth-order valence-electron chi connectivity index (χ4n) is 1.21. The number of pyridine rings is 1. The second-order valence-electron chi connectivity index (χ2n) is 2.67. The lowest BCUT2D eigenvalue weighted by molar-refractivity contribution is 0.366. The fraction of sp³-hybridized carbons (Fsp3) is 0. The van der Waals surface area contributed by atoms with E-state index in [0.29, 0.717) is 0 Å². The summed E-state index contributed by atoms with van der Waals surface area (Å²) in [6.07, 6.45) is 2.63. The van der Waals surface area contributed by atoms with Crippen molar-refractivity contribution in [2.75, 3.05) is 0 Å². The fourth-order valence-corrected chi connectivity index (χ4v) is 1.21. The van der Waals surface area contributed by atoms with Crippen molar-refractivity contribution in [3.8, 4) is 23.0 Å². The van der Waals surface area contributed by atoms with Crippen molar-refractivity contribution >= 4 is 5.52 Å². The SMILES string of the molecule is Oc1cn2ccc(O)c2c(O)c1O. The van der Waals surface area contributed by atoms with Crippen LogP contribution in [0.15, 0.2) is 18.5 Å². The molecular weight excluding hydrogens is 174 g/mol. The van der Waals surface area contributed by atoms with Crippen LogP contribution in [0.4, 0.5) is 0 Å². The van der Waals surface area contributed by atoms with Crippen molar-refractivity contribution in [2.45, 2.75) is 0 Å². The van der Waals surface area contributed by atoms with E-state index in [9.17, 15) is 10.2 Å². The van der Waals surface area contributed by atoms with Gasteiger partial charge in [0.25, 0.3) is 0 Å². The molecule has 0 aliphatic heterocycles. The predicted octanol–water partition coefficient (Wildman–Crippen LogP) is 0.762. The summed E-state index contributed by atoms with van der Waals surface area (Å²) in [6, 6.07) is 1.34. The zero-order chi connectivity index (χ0) is 9.59. The molecule has 68 valence electrons. The highest BCUT2D eigenvalue weighted by atomic mass is 16.3. The van der Waals surface area contributed by atoms with E-state index >= 15 is 0 Å². The summed E-state index contributed by atoms with van der Waals surface area (Å²) >= 11 is 0. The van der Waals surface area contributed by atoms with Gasteiger partial charge in [0.05, 0.1) is 6.20 Å². The van der Waals surface area contributed by atoms with Crippen LogP contribution >= 0.6 is 0 Å². The first-order valence-corrected chi connectivity index (χ1v) is 3.55. The molecule has 0 saturated carbocycles. The van der Waals surface area contributed by atoms with Crippen LogP contribution in [-0.2, 0) is 0 Å². The summed E-state index contributed by atoms with van der Waals surface area (Å²) in [5.41, 5.74) is 0.0651. The lowest BCUT2D eigenvalue weighted by Gasteiger charge is -2.03. The highest BCUT2D eigenvalue weighted by Crippen LogP contribution is 2.41. The zero-order valence-corrected chi connectivity index (χ0v) is 6.47.